The number of carbonyl (C=O) groups excluding carboxylic acids is 2. The molecule has 7 heteroatoms. The third-order valence-electron chi connectivity index (χ3n) is 11.1. The van der Waals surface area contributed by atoms with Crippen LogP contribution in [-0.4, -0.2) is 45.9 Å². The van der Waals surface area contributed by atoms with Crippen molar-refractivity contribution >= 4 is 11.9 Å². The molecule has 0 fully saturated rings. The van der Waals surface area contributed by atoms with Gasteiger partial charge in [-0.1, -0.05) is 245 Å². The number of esters is 2. The lowest BCUT2D eigenvalue weighted by Crippen LogP contribution is -2.51. The van der Waals surface area contributed by atoms with Crippen LogP contribution in [0.4, 0.5) is 0 Å². The minimum atomic E-state index is -2.87. The number of carbonyl (C=O) groups is 2. The van der Waals surface area contributed by atoms with Crippen molar-refractivity contribution in [2.75, 3.05) is 6.61 Å². The first kappa shape index (κ1) is 52.8. The van der Waals surface area contributed by atoms with Crippen molar-refractivity contribution in [2.24, 2.45) is 0 Å². The van der Waals surface area contributed by atoms with Gasteiger partial charge in [-0.2, -0.15) is 0 Å². The molecule has 322 valence electrons. The molecular formula is C47H92O7. The molecule has 0 amide bonds. The van der Waals surface area contributed by atoms with Crippen LogP contribution in [0, 0.1) is 0 Å². The Morgan fingerprint density at radius 1 is 0.389 bits per heavy atom. The molecule has 3 N–H and O–H groups in total. The Kier molecular flexibility index (Phi) is 40.5. The van der Waals surface area contributed by atoms with Gasteiger partial charge in [-0.3, -0.25) is 9.59 Å². The molecule has 54 heavy (non-hydrogen) atoms. The topological polar surface area (TPSA) is 113 Å². The molecule has 0 heterocycles. The quantitative estimate of drug-likeness (QED) is 0.0321. The van der Waals surface area contributed by atoms with Gasteiger partial charge in [-0.15, -0.1) is 0 Å². The van der Waals surface area contributed by atoms with Crippen LogP contribution < -0.4 is 0 Å². The lowest BCUT2D eigenvalue weighted by atomic mass is 10.0. The average molecular weight is 769 g/mol. The second kappa shape index (κ2) is 41.5. The summed E-state index contributed by atoms with van der Waals surface area (Å²) in [5.41, 5.74) is 0. The van der Waals surface area contributed by atoms with Crippen molar-refractivity contribution in [1.29, 1.82) is 0 Å². The average Bonchev–Trinajstić information content (AvgIpc) is 3.16. The van der Waals surface area contributed by atoms with Crippen molar-refractivity contribution in [3.63, 3.8) is 0 Å². The zero-order valence-corrected chi connectivity index (χ0v) is 36.0. The highest BCUT2D eigenvalue weighted by molar-refractivity contribution is 5.71. The van der Waals surface area contributed by atoms with Crippen molar-refractivity contribution in [1.82, 2.24) is 0 Å². The number of ether oxygens (including phenoxy) is 2. The fourth-order valence-electron chi connectivity index (χ4n) is 7.40. The molecule has 0 aromatic heterocycles. The fourth-order valence-corrected chi connectivity index (χ4v) is 7.40. The molecule has 0 aromatic carbocycles. The van der Waals surface area contributed by atoms with Gasteiger partial charge in [-0.05, 0) is 12.8 Å². The molecule has 7 nitrogen and oxygen atoms in total. The molecule has 0 bridgehead atoms. The van der Waals surface area contributed by atoms with E-state index in [9.17, 15) is 24.9 Å². The Morgan fingerprint density at radius 3 is 0.759 bits per heavy atom. The van der Waals surface area contributed by atoms with E-state index in [0.717, 1.165) is 38.5 Å². The molecule has 0 saturated carbocycles. The minimum Gasteiger partial charge on any atom is -0.396 e. The third-order valence-corrected chi connectivity index (χ3v) is 11.1. The zero-order valence-electron chi connectivity index (χ0n) is 36.0. The number of hydrogen-bond acceptors (Lipinski definition) is 7. The highest BCUT2D eigenvalue weighted by Gasteiger charge is 2.44. The zero-order chi connectivity index (χ0) is 39.6. The normalized spacial score (nSPS) is 12.3. The Bertz CT molecular complexity index is 732. The van der Waals surface area contributed by atoms with E-state index in [0.29, 0.717) is 12.8 Å². The van der Waals surface area contributed by atoms with Crippen molar-refractivity contribution < 1.29 is 34.4 Å². The standard InChI is InChI=1S/C47H92O7/c1-3-5-7-9-11-13-15-17-19-21-23-25-27-29-31-33-35-37-39-41-45(50)53-47(52,44(49)43-48)54-46(51)42-40-38-36-34-32-30-28-26-24-22-20-18-16-14-12-10-8-6-4-2/h44,48-49,52H,3-43H2,1-2H3. The first-order valence-electron chi connectivity index (χ1n) is 23.8. The molecular weight excluding hydrogens is 677 g/mol. The van der Waals surface area contributed by atoms with Crippen LogP contribution in [0.15, 0.2) is 0 Å². The molecule has 0 radical (unpaired) electrons. The minimum absolute atomic E-state index is 0.0518. The molecule has 0 aliphatic carbocycles. The molecule has 1 atom stereocenters. The summed E-state index contributed by atoms with van der Waals surface area (Å²) in [6.45, 7) is 3.64. The van der Waals surface area contributed by atoms with E-state index in [-0.39, 0.29) is 12.8 Å². The Labute approximate surface area is 334 Å². The maximum atomic E-state index is 12.4. The summed E-state index contributed by atoms with van der Waals surface area (Å²) < 4.78 is 10.0. The maximum Gasteiger partial charge on any atom is 0.403 e. The summed E-state index contributed by atoms with van der Waals surface area (Å²) in [4.78, 5) is 24.8. The Hall–Kier alpha value is -1.18. The lowest BCUT2D eigenvalue weighted by molar-refractivity contribution is -0.364. The molecule has 0 aliphatic heterocycles. The van der Waals surface area contributed by atoms with Gasteiger partial charge in [0.1, 0.15) is 0 Å². The molecule has 0 spiro atoms. The van der Waals surface area contributed by atoms with Gasteiger partial charge in [0.2, 0.25) is 0 Å². The summed E-state index contributed by atoms with van der Waals surface area (Å²) in [5.74, 6) is -4.38. The summed E-state index contributed by atoms with van der Waals surface area (Å²) >= 11 is 0. The van der Waals surface area contributed by atoms with Gasteiger partial charge in [0, 0.05) is 12.8 Å². The monoisotopic (exact) mass is 769 g/mol. The predicted molar refractivity (Wildman–Crippen MR) is 226 cm³/mol. The van der Waals surface area contributed by atoms with E-state index in [1.165, 1.54) is 193 Å². The maximum absolute atomic E-state index is 12.4. The second-order valence-electron chi connectivity index (χ2n) is 16.5. The van der Waals surface area contributed by atoms with Crippen LogP contribution in [0.2, 0.25) is 0 Å². The molecule has 0 rings (SSSR count). The Morgan fingerprint density at radius 2 is 0.574 bits per heavy atom. The molecule has 0 saturated heterocycles. The van der Waals surface area contributed by atoms with Crippen LogP contribution >= 0.6 is 0 Å². The first-order valence-corrected chi connectivity index (χ1v) is 23.8. The van der Waals surface area contributed by atoms with Gasteiger partial charge >= 0.3 is 17.9 Å². The van der Waals surface area contributed by atoms with Gasteiger partial charge in [0.15, 0.2) is 6.10 Å². The second-order valence-corrected chi connectivity index (χ2v) is 16.5. The number of unbranched alkanes of at least 4 members (excludes halogenated alkanes) is 36. The fraction of sp³-hybridized carbons (Fsp3) is 0.957. The third kappa shape index (κ3) is 36.5. The van der Waals surface area contributed by atoms with Crippen molar-refractivity contribution in [3.8, 4) is 0 Å². The lowest BCUT2D eigenvalue weighted by Gasteiger charge is -2.30. The van der Waals surface area contributed by atoms with E-state index in [1.54, 1.807) is 0 Å². The Balaban J connectivity index is 3.76. The molecule has 0 aliphatic rings. The van der Waals surface area contributed by atoms with Crippen LogP contribution in [-0.2, 0) is 19.1 Å². The van der Waals surface area contributed by atoms with E-state index < -0.39 is 30.6 Å². The predicted octanol–water partition coefficient (Wildman–Crippen LogP) is 13.7. The van der Waals surface area contributed by atoms with Gasteiger partial charge < -0.3 is 24.8 Å². The van der Waals surface area contributed by atoms with E-state index in [1.807, 2.05) is 0 Å². The smallest absolute Gasteiger partial charge is 0.396 e. The van der Waals surface area contributed by atoms with Crippen molar-refractivity contribution in [2.45, 2.75) is 283 Å². The first-order chi connectivity index (χ1) is 26.4. The highest BCUT2D eigenvalue weighted by atomic mass is 16.8. The molecule has 1 unspecified atom stereocenters. The van der Waals surface area contributed by atoms with Crippen LogP contribution in [0.5, 0.6) is 0 Å². The summed E-state index contributed by atoms with van der Waals surface area (Å²) in [6, 6.07) is 0. The van der Waals surface area contributed by atoms with E-state index >= 15 is 0 Å². The van der Waals surface area contributed by atoms with Crippen LogP contribution in [0.3, 0.4) is 0 Å². The van der Waals surface area contributed by atoms with Crippen LogP contribution in [0.25, 0.3) is 0 Å². The van der Waals surface area contributed by atoms with Crippen LogP contribution in [0.1, 0.15) is 271 Å². The van der Waals surface area contributed by atoms with E-state index in [4.69, 9.17) is 9.47 Å². The number of rotatable bonds is 44. The molecule has 0 aromatic rings. The number of aliphatic hydroxyl groups excluding tert-OH is 2. The van der Waals surface area contributed by atoms with Gasteiger partial charge in [0.25, 0.3) is 0 Å². The number of aliphatic hydroxyl groups is 3. The summed E-state index contributed by atoms with van der Waals surface area (Å²) in [7, 11) is 0. The van der Waals surface area contributed by atoms with E-state index in [2.05, 4.69) is 13.8 Å². The van der Waals surface area contributed by atoms with Gasteiger partial charge in [0.05, 0.1) is 6.61 Å². The summed E-state index contributed by atoms with van der Waals surface area (Å²) in [6.07, 6.45) is 46.2. The number of hydrogen-bond donors (Lipinski definition) is 3. The summed E-state index contributed by atoms with van der Waals surface area (Å²) in [5, 5.41) is 30.1. The van der Waals surface area contributed by atoms with Gasteiger partial charge in [-0.25, -0.2) is 0 Å². The largest absolute Gasteiger partial charge is 0.403 e. The SMILES string of the molecule is CCCCCCCCCCCCCCCCCCCCCC(=O)OC(O)(OC(=O)CCCCCCCCCCCCCCCCCCCCC)C(O)CO. The highest BCUT2D eigenvalue weighted by Crippen LogP contribution is 2.21. The van der Waals surface area contributed by atoms with Crippen molar-refractivity contribution in [3.05, 3.63) is 0 Å².